The van der Waals surface area contributed by atoms with Crippen molar-refractivity contribution in [1.29, 1.82) is 0 Å². The molecule has 0 aliphatic heterocycles. The highest BCUT2D eigenvalue weighted by Gasteiger charge is 2.06. The van der Waals surface area contributed by atoms with Crippen LogP contribution in [0.2, 0.25) is 0 Å². The van der Waals surface area contributed by atoms with Gasteiger partial charge in [-0.3, -0.25) is 0 Å². The van der Waals surface area contributed by atoms with Crippen molar-refractivity contribution in [2.75, 3.05) is 13.2 Å². The van der Waals surface area contributed by atoms with Crippen molar-refractivity contribution in [2.24, 2.45) is 0 Å². The van der Waals surface area contributed by atoms with Crippen LogP contribution in [0.5, 0.6) is 5.75 Å². The standard InChI is InChI=1S/C13H20FNO/c1-4-11(15-5-2)9-16-12-7-6-10(3)13(14)8-12/h6-8,11,15H,4-5,9H2,1-3H3. The molecule has 0 saturated heterocycles. The molecule has 1 rings (SSSR count). The summed E-state index contributed by atoms with van der Waals surface area (Å²) in [5.74, 6) is 0.383. The minimum absolute atomic E-state index is 0.214. The fourth-order valence-corrected chi connectivity index (χ4v) is 1.47. The maximum Gasteiger partial charge on any atom is 0.129 e. The largest absolute Gasteiger partial charge is 0.492 e. The van der Waals surface area contributed by atoms with E-state index in [1.165, 1.54) is 6.07 Å². The third-order valence-corrected chi connectivity index (χ3v) is 2.58. The molecule has 90 valence electrons. The van der Waals surface area contributed by atoms with Crippen molar-refractivity contribution in [3.63, 3.8) is 0 Å². The van der Waals surface area contributed by atoms with Gasteiger partial charge < -0.3 is 10.1 Å². The average molecular weight is 225 g/mol. The van der Waals surface area contributed by atoms with Gasteiger partial charge in [0.15, 0.2) is 0 Å². The summed E-state index contributed by atoms with van der Waals surface area (Å²) in [5, 5.41) is 3.31. The van der Waals surface area contributed by atoms with E-state index < -0.39 is 0 Å². The number of halogens is 1. The van der Waals surface area contributed by atoms with Crippen molar-refractivity contribution in [3.8, 4) is 5.75 Å². The minimum Gasteiger partial charge on any atom is -0.492 e. The lowest BCUT2D eigenvalue weighted by atomic mass is 10.2. The van der Waals surface area contributed by atoms with Crippen LogP contribution in [0.4, 0.5) is 4.39 Å². The Morgan fingerprint density at radius 3 is 2.69 bits per heavy atom. The zero-order chi connectivity index (χ0) is 12.0. The van der Waals surface area contributed by atoms with Gasteiger partial charge in [-0.05, 0) is 31.5 Å². The summed E-state index contributed by atoms with van der Waals surface area (Å²) in [6, 6.07) is 5.30. The zero-order valence-corrected chi connectivity index (χ0v) is 10.2. The van der Waals surface area contributed by atoms with E-state index in [4.69, 9.17) is 4.74 Å². The molecule has 1 N–H and O–H groups in total. The first kappa shape index (κ1) is 13.0. The number of rotatable bonds is 6. The van der Waals surface area contributed by atoms with Gasteiger partial charge in [-0.15, -0.1) is 0 Å². The second-order valence-electron chi connectivity index (χ2n) is 3.88. The molecular formula is C13H20FNO. The molecule has 0 heterocycles. The van der Waals surface area contributed by atoms with Crippen LogP contribution in [0.15, 0.2) is 18.2 Å². The van der Waals surface area contributed by atoms with Gasteiger partial charge in [-0.2, -0.15) is 0 Å². The van der Waals surface area contributed by atoms with Crippen molar-refractivity contribution in [3.05, 3.63) is 29.6 Å². The average Bonchev–Trinajstić information content (AvgIpc) is 2.28. The SMILES string of the molecule is CCNC(CC)COc1ccc(C)c(F)c1. The van der Waals surface area contributed by atoms with E-state index in [0.29, 0.717) is 24.0 Å². The van der Waals surface area contributed by atoms with Gasteiger partial charge in [0.25, 0.3) is 0 Å². The molecule has 0 aliphatic carbocycles. The summed E-state index contributed by atoms with van der Waals surface area (Å²) < 4.78 is 18.8. The number of benzene rings is 1. The van der Waals surface area contributed by atoms with Crippen LogP contribution in [-0.2, 0) is 0 Å². The smallest absolute Gasteiger partial charge is 0.129 e. The number of hydrogen-bond acceptors (Lipinski definition) is 2. The van der Waals surface area contributed by atoms with E-state index >= 15 is 0 Å². The van der Waals surface area contributed by atoms with Gasteiger partial charge in [0.2, 0.25) is 0 Å². The number of likely N-dealkylation sites (N-methyl/N-ethyl adjacent to an activating group) is 1. The Kier molecular flexibility index (Phi) is 5.26. The van der Waals surface area contributed by atoms with Gasteiger partial charge in [0.1, 0.15) is 18.2 Å². The molecular weight excluding hydrogens is 205 g/mol. The topological polar surface area (TPSA) is 21.3 Å². The fourth-order valence-electron chi connectivity index (χ4n) is 1.47. The van der Waals surface area contributed by atoms with Crippen LogP contribution in [0.25, 0.3) is 0 Å². The Bertz CT molecular complexity index is 328. The molecule has 0 aromatic heterocycles. The molecule has 2 nitrogen and oxygen atoms in total. The van der Waals surface area contributed by atoms with E-state index in [1.54, 1.807) is 19.1 Å². The second kappa shape index (κ2) is 6.48. The Hall–Kier alpha value is -1.09. The van der Waals surface area contributed by atoms with Gasteiger partial charge in [0, 0.05) is 12.1 Å². The fraction of sp³-hybridized carbons (Fsp3) is 0.538. The third-order valence-electron chi connectivity index (χ3n) is 2.58. The minimum atomic E-state index is -0.214. The normalized spacial score (nSPS) is 12.5. The summed E-state index contributed by atoms with van der Waals surface area (Å²) in [6.07, 6.45) is 1.00. The first-order chi connectivity index (χ1) is 7.67. The lowest BCUT2D eigenvalue weighted by Crippen LogP contribution is -2.33. The first-order valence-corrected chi connectivity index (χ1v) is 5.79. The highest BCUT2D eigenvalue weighted by molar-refractivity contribution is 5.27. The molecule has 0 aliphatic rings. The Morgan fingerprint density at radius 1 is 1.38 bits per heavy atom. The Morgan fingerprint density at radius 2 is 2.12 bits per heavy atom. The van der Waals surface area contributed by atoms with E-state index in [-0.39, 0.29) is 5.82 Å². The van der Waals surface area contributed by atoms with Gasteiger partial charge in [-0.25, -0.2) is 4.39 Å². The van der Waals surface area contributed by atoms with Crippen LogP contribution >= 0.6 is 0 Å². The lowest BCUT2D eigenvalue weighted by Gasteiger charge is -2.16. The number of aryl methyl sites for hydroxylation is 1. The summed E-state index contributed by atoms with van der Waals surface area (Å²) in [7, 11) is 0. The maximum absolute atomic E-state index is 13.2. The molecule has 0 radical (unpaired) electrons. The van der Waals surface area contributed by atoms with Gasteiger partial charge >= 0.3 is 0 Å². The van der Waals surface area contributed by atoms with Crippen molar-refractivity contribution < 1.29 is 9.13 Å². The molecule has 16 heavy (non-hydrogen) atoms. The molecule has 1 aromatic rings. The van der Waals surface area contributed by atoms with E-state index in [1.807, 2.05) is 0 Å². The summed E-state index contributed by atoms with van der Waals surface area (Å²) in [6.45, 7) is 7.41. The molecule has 1 aromatic carbocycles. The van der Waals surface area contributed by atoms with Crippen LogP contribution in [-0.4, -0.2) is 19.2 Å². The molecule has 1 unspecified atom stereocenters. The highest BCUT2D eigenvalue weighted by Crippen LogP contribution is 2.16. The first-order valence-electron chi connectivity index (χ1n) is 5.79. The van der Waals surface area contributed by atoms with Gasteiger partial charge in [0.05, 0.1) is 0 Å². The third kappa shape index (κ3) is 3.81. The predicted molar refractivity (Wildman–Crippen MR) is 64.4 cm³/mol. The summed E-state index contributed by atoms with van der Waals surface area (Å²) in [5.41, 5.74) is 0.645. The summed E-state index contributed by atoms with van der Waals surface area (Å²) >= 11 is 0. The van der Waals surface area contributed by atoms with Crippen LogP contribution in [0.3, 0.4) is 0 Å². The van der Waals surface area contributed by atoms with Crippen molar-refractivity contribution in [1.82, 2.24) is 5.32 Å². The molecule has 0 bridgehead atoms. The monoisotopic (exact) mass is 225 g/mol. The lowest BCUT2D eigenvalue weighted by molar-refractivity contribution is 0.261. The Balaban J connectivity index is 2.50. The van der Waals surface area contributed by atoms with E-state index in [2.05, 4.69) is 19.2 Å². The molecule has 0 fully saturated rings. The Labute approximate surface area is 96.8 Å². The summed E-state index contributed by atoms with van der Waals surface area (Å²) in [4.78, 5) is 0. The predicted octanol–water partition coefficient (Wildman–Crippen LogP) is 2.90. The van der Waals surface area contributed by atoms with Crippen LogP contribution < -0.4 is 10.1 Å². The number of ether oxygens (including phenoxy) is 1. The van der Waals surface area contributed by atoms with E-state index in [0.717, 1.165) is 13.0 Å². The molecule has 1 atom stereocenters. The highest BCUT2D eigenvalue weighted by atomic mass is 19.1. The van der Waals surface area contributed by atoms with Crippen LogP contribution in [0, 0.1) is 12.7 Å². The maximum atomic E-state index is 13.2. The van der Waals surface area contributed by atoms with Gasteiger partial charge in [-0.1, -0.05) is 19.9 Å². The van der Waals surface area contributed by atoms with Crippen molar-refractivity contribution in [2.45, 2.75) is 33.2 Å². The molecule has 3 heteroatoms. The van der Waals surface area contributed by atoms with Crippen molar-refractivity contribution >= 4 is 0 Å². The molecule has 0 amide bonds. The zero-order valence-electron chi connectivity index (χ0n) is 10.2. The number of hydrogen-bond donors (Lipinski definition) is 1. The molecule has 0 saturated carbocycles. The quantitative estimate of drug-likeness (QED) is 0.803. The van der Waals surface area contributed by atoms with Crippen LogP contribution in [0.1, 0.15) is 25.8 Å². The second-order valence-corrected chi connectivity index (χ2v) is 3.88. The number of nitrogens with one attached hydrogen (secondary N) is 1. The van der Waals surface area contributed by atoms with E-state index in [9.17, 15) is 4.39 Å². The molecule has 0 spiro atoms.